The molecule has 1 heterocycles. The minimum Gasteiger partial charge on any atom is -0.444 e. The standard InChI is InChI=1S/C46H57F2N3O9/c1-42(2,3)60-41(57)50-18-7-6-11-35(49)39(56)51-29-10-8-9-27(20-29)19-26-12-14-28(15-13-26)40-58-38-23-31-32-22-34(47)33-21-30(53)16-17-43(33,4)45(32,48)36(54)24-44(31,5)46(38,59-40)37(55)25-52/h8-10,12-17,20-21,31-32,34-36,38,40,52,54H,6-7,11,18-19,22-25,49H2,1-5H3,(H,50,57)(H,51,56)/t31-,32-,34-,35-,36-,38+,40+,43-,44-,45-,46+/m0/s1. The Labute approximate surface area is 349 Å². The van der Waals surface area contributed by atoms with Crippen molar-refractivity contribution in [2.75, 3.05) is 18.5 Å². The number of nitrogens with two attached hydrogens (primary N) is 1. The van der Waals surface area contributed by atoms with E-state index in [1.165, 1.54) is 19.1 Å². The lowest BCUT2D eigenvalue weighted by Crippen LogP contribution is -2.70. The van der Waals surface area contributed by atoms with Crippen LogP contribution in [-0.4, -0.2) is 88.2 Å². The van der Waals surface area contributed by atoms with Crippen molar-refractivity contribution < 1.29 is 52.4 Å². The molecule has 14 heteroatoms. The number of amides is 2. The van der Waals surface area contributed by atoms with Crippen molar-refractivity contribution >= 4 is 29.3 Å². The lowest BCUT2D eigenvalue weighted by molar-refractivity contribution is -0.235. The van der Waals surface area contributed by atoms with E-state index in [-0.39, 0.29) is 30.7 Å². The molecule has 2 amide bonds. The zero-order chi connectivity index (χ0) is 43.4. The second kappa shape index (κ2) is 16.2. The van der Waals surface area contributed by atoms with Gasteiger partial charge in [0.2, 0.25) is 5.91 Å². The summed E-state index contributed by atoms with van der Waals surface area (Å²) in [4.78, 5) is 50.8. The van der Waals surface area contributed by atoms with Crippen molar-refractivity contribution in [3.05, 3.63) is 89.0 Å². The summed E-state index contributed by atoms with van der Waals surface area (Å²) in [5.74, 6) is -3.06. The fraction of sp³-hybridized carbons (Fsp3) is 0.565. The molecule has 0 bridgehead atoms. The molecule has 60 heavy (non-hydrogen) atoms. The molecule has 12 nitrogen and oxygen atoms in total. The van der Waals surface area contributed by atoms with Crippen LogP contribution in [0.3, 0.4) is 0 Å². The molecule has 0 radical (unpaired) electrons. The summed E-state index contributed by atoms with van der Waals surface area (Å²) < 4.78 is 52.0. The molecule has 4 fully saturated rings. The highest BCUT2D eigenvalue weighted by molar-refractivity contribution is 6.01. The Bertz CT molecular complexity index is 2070. The molecule has 7 rings (SSSR count). The molecule has 1 aliphatic heterocycles. The van der Waals surface area contributed by atoms with E-state index < -0.39 is 94.5 Å². The van der Waals surface area contributed by atoms with Crippen LogP contribution in [0.1, 0.15) is 96.1 Å². The molecule has 2 aromatic rings. The first-order valence-electron chi connectivity index (χ1n) is 20.9. The monoisotopic (exact) mass is 833 g/mol. The first-order valence-corrected chi connectivity index (χ1v) is 20.9. The number of aliphatic hydroxyl groups is 2. The van der Waals surface area contributed by atoms with E-state index in [1.54, 1.807) is 33.8 Å². The number of ether oxygens (including phenoxy) is 3. The second-order valence-corrected chi connectivity index (χ2v) is 18.6. The highest BCUT2D eigenvalue weighted by atomic mass is 19.1. The third-order valence-electron chi connectivity index (χ3n) is 13.7. The van der Waals surface area contributed by atoms with Crippen LogP contribution in [0.25, 0.3) is 0 Å². The average molecular weight is 834 g/mol. The van der Waals surface area contributed by atoms with E-state index in [0.29, 0.717) is 43.5 Å². The number of halogens is 2. The van der Waals surface area contributed by atoms with Crippen LogP contribution in [0.2, 0.25) is 0 Å². The zero-order valence-electron chi connectivity index (χ0n) is 34.8. The Kier molecular flexibility index (Phi) is 11.8. The summed E-state index contributed by atoms with van der Waals surface area (Å²) in [5, 5.41) is 27.7. The number of carbonyl (C=O) groups excluding carboxylic acids is 4. The van der Waals surface area contributed by atoms with Crippen LogP contribution in [-0.2, 0) is 35.0 Å². The minimum absolute atomic E-state index is 0.0157. The predicted octanol–water partition coefficient (Wildman–Crippen LogP) is 5.88. The maximum Gasteiger partial charge on any atom is 0.407 e. The number of rotatable bonds is 12. The summed E-state index contributed by atoms with van der Waals surface area (Å²) in [6.07, 6.45) is -0.000663. The number of Topliss-reactive ketones (excluding diaryl/α,β-unsaturated/α-hetero) is 1. The van der Waals surface area contributed by atoms with Crippen molar-refractivity contribution in [1.82, 2.24) is 5.32 Å². The number of alkyl halides is 2. The Morgan fingerprint density at radius 3 is 2.48 bits per heavy atom. The zero-order valence-corrected chi connectivity index (χ0v) is 34.8. The predicted molar refractivity (Wildman–Crippen MR) is 218 cm³/mol. The van der Waals surface area contributed by atoms with E-state index in [2.05, 4.69) is 10.6 Å². The van der Waals surface area contributed by atoms with Gasteiger partial charge >= 0.3 is 6.09 Å². The minimum atomic E-state index is -2.33. The smallest absolute Gasteiger partial charge is 0.407 e. The Morgan fingerprint density at radius 1 is 1.05 bits per heavy atom. The van der Waals surface area contributed by atoms with E-state index in [1.807, 2.05) is 42.5 Å². The molecular weight excluding hydrogens is 777 g/mol. The highest BCUT2D eigenvalue weighted by Crippen LogP contribution is 2.72. The van der Waals surface area contributed by atoms with Gasteiger partial charge in [0.1, 0.15) is 18.4 Å². The van der Waals surface area contributed by atoms with E-state index >= 15 is 8.78 Å². The van der Waals surface area contributed by atoms with Crippen LogP contribution < -0.4 is 16.4 Å². The van der Waals surface area contributed by atoms with Gasteiger partial charge in [0.25, 0.3) is 0 Å². The second-order valence-electron chi connectivity index (χ2n) is 18.6. The molecule has 0 spiro atoms. The van der Waals surface area contributed by atoms with Gasteiger partial charge in [-0.15, -0.1) is 0 Å². The topological polar surface area (TPSA) is 187 Å². The molecule has 4 aliphatic carbocycles. The van der Waals surface area contributed by atoms with Gasteiger partial charge < -0.3 is 40.8 Å². The van der Waals surface area contributed by atoms with Crippen molar-refractivity contribution in [3.8, 4) is 0 Å². The number of anilines is 1. The Balaban J connectivity index is 0.988. The lowest BCUT2D eigenvalue weighted by Gasteiger charge is -2.63. The van der Waals surface area contributed by atoms with Crippen molar-refractivity contribution in [2.24, 2.45) is 28.4 Å². The maximum atomic E-state index is 17.7. The SMILES string of the molecule is CC(C)(C)OC(=O)NCCCC[C@H](N)C(=O)Nc1cccc(Cc2ccc([C@@H]3O[C@@H]4C[C@H]5[C@@H]6C[C@H](F)C7=CC(=O)C=C[C@]7(C)[C@@]6(F)[C@@H](O)C[C@]5(C)[C@]4(C(=O)CO)O3)cc2)c1. The number of carbonyl (C=O) groups is 4. The summed E-state index contributed by atoms with van der Waals surface area (Å²) in [6, 6.07) is 14.2. The number of ketones is 2. The molecule has 5 aliphatic rings. The quantitative estimate of drug-likeness (QED) is 0.162. The van der Waals surface area contributed by atoms with Crippen LogP contribution in [0.15, 0.2) is 72.3 Å². The molecule has 324 valence electrons. The number of unbranched alkanes of at least 4 members (excludes halogenated alkanes) is 1. The number of aliphatic hydroxyl groups excluding tert-OH is 2. The van der Waals surface area contributed by atoms with Gasteiger partial charge in [-0.3, -0.25) is 14.4 Å². The van der Waals surface area contributed by atoms with Crippen LogP contribution in [0.5, 0.6) is 0 Å². The lowest BCUT2D eigenvalue weighted by atomic mass is 9.44. The van der Waals surface area contributed by atoms with Gasteiger partial charge in [0.15, 0.2) is 29.1 Å². The fourth-order valence-electron chi connectivity index (χ4n) is 10.9. The van der Waals surface area contributed by atoms with Gasteiger partial charge in [-0.05, 0) is 120 Å². The normalized spacial score (nSPS) is 34.7. The molecule has 0 aromatic heterocycles. The molecule has 2 aromatic carbocycles. The maximum absolute atomic E-state index is 17.7. The number of fused-ring (bicyclic) bond motifs is 7. The number of hydrogen-bond acceptors (Lipinski definition) is 10. The first kappa shape index (κ1) is 43.7. The number of nitrogens with one attached hydrogen (secondary N) is 2. The Morgan fingerprint density at radius 2 is 1.78 bits per heavy atom. The van der Waals surface area contributed by atoms with Crippen LogP contribution in [0.4, 0.5) is 19.3 Å². The molecular formula is C46H57F2N3O9. The van der Waals surface area contributed by atoms with E-state index in [0.717, 1.165) is 17.2 Å². The van der Waals surface area contributed by atoms with Gasteiger partial charge in [-0.25, -0.2) is 13.6 Å². The van der Waals surface area contributed by atoms with E-state index in [9.17, 15) is 29.4 Å². The molecule has 1 saturated heterocycles. The number of alkyl carbamates (subject to hydrolysis) is 1. The third-order valence-corrected chi connectivity index (χ3v) is 13.7. The van der Waals surface area contributed by atoms with Crippen molar-refractivity contribution in [1.29, 1.82) is 0 Å². The van der Waals surface area contributed by atoms with Crippen molar-refractivity contribution in [2.45, 2.75) is 127 Å². The van der Waals surface area contributed by atoms with Crippen molar-refractivity contribution in [3.63, 3.8) is 0 Å². The first-order chi connectivity index (χ1) is 28.3. The van der Waals surface area contributed by atoms with Crippen LogP contribution >= 0.6 is 0 Å². The molecule has 0 unspecified atom stereocenters. The van der Waals surface area contributed by atoms with Gasteiger partial charge in [-0.2, -0.15) is 0 Å². The van der Waals surface area contributed by atoms with Gasteiger partial charge in [0.05, 0.1) is 18.2 Å². The summed E-state index contributed by atoms with van der Waals surface area (Å²) >= 11 is 0. The largest absolute Gasteiger partial charge is 0.444 e. The van der Waals surface area contributed by atoms with Gasteiger partial charge in [0, 0.05) is 34.5 Å². The summed E-state index contributed by atoms with van der Waals surface area (Å²) in [5.41, 5.74) is 1.84. The molecule has 11 atom stereocenters. The number of allylic oxidation sites excluding steroid dienone is 4. The molecule has 3 saturated carbocycles. The number of hydrogen-bond donors (Lipinski definition) is 5. The highest BCUT2D eigenvalue weighted by Gasteiger charge is 2.80. The summed E-state index contributed by atoms with van der Waals surface area (Å²) in [6.45, 7) is 8.20. The Hall–Kier alpha value is -4.34. The van der Waals surface area contributed by atoms with Gasteiger partial charge in [-0.1, -0.05) is 49.4 Å². The fourth-order valence-corrected chi connectivity index (χ4v) is 10.9. The summed E-state index contributed by atoms with van der Waals surface area (Å²) in [7, 11) is 0. The number of benzene rings is 2. The molecule has 6 N–H and O–H groups in total. The third kappa shape index (κ3) is 7.52. The van der Waals surface area contributed by atoms with E-state index in [4.69, 9.17) is 19.9 Å². The van der Waals surface area contributed by atoms with Crippen LogP contribution in [0, 0.1) is 22.7 Å². The average Bonchev–Trinajstić information content (AvgIpc) is 3.69.